The Kier molecular flexibility index (Phi) is 14.5. The number of benzene rings is 2. The highest BCUT2D eigenvalue weighted by molar-refractivity contribution is 5.94. The molecule has 2 rings (SSSR count). The zero-order chi connectivity index (χ0) is 35.5. The molecule has 9 heteroatoms. The number of nitrogens with zero attached hydrogens (tertiary/aromatic N) is 1. The minimum absolute atomic E-state index is 0.205. The monoisotopic (exact) mass is 651 g/mol. The first-order valence-corrected chi connectivity index (χ1v) is 16.8. The van der Waals surface area contributed by atoms with Gasteiger partial charge in [0, 0.05) is 12.5 Å². The van der Waals surface area contributed by atoms with Gasteiger partial charge in [0.05, 0.1) is 0 Å². The third-order valence-corrected chi connectivity index (χ3v) is 7.52. The van der Waals surface area contributed by atoms with Crippen LogP contribution in [0.5, 0.6) is 0 Å². The lowest BCUT2D eigenvalue weighted by atomic mass is 9.96. The summed E-state index contributed by atoms with van der Waals surface area (Å²) in [6.45, 7) is 20.3. The van der Waals surface area contributed by atoms with Crippen LogP contribution in [0.2, 0.25) is 0 Å². The smallest absolute Gasteiger partial charge is 0.408 e. The lowest BCUT2D eigenvalue weighted by molar-refractivity contribution is -0.159. The van der Waals surface area contributed by atoms with Crippen molar-refractivity contribution in [2.24, 2.45) is 5.92 Å². The molecular formula is C38H57N3O6. The summed E-state index contributed by atoms with van der Waals surface area (Å²) in [4.78, 5) is 56.7. The van der Waals surface area contributed by atoms with Crippen LogP contribution in [0.4, 0.5) is 4.79 Å². The SMILES string of the molecule is CCc1ccc(C(C(=O)NC(Cc2ccccc2)C(=O)OC(C)(C)C)N(C(=O)C(C)NC(=O)OC(C)(C)C)C(C)CCC(C)C)cc1. The van der Waals surface area contributed by atoms with E-state index in [1.165, 1.54) is 0 Å². The molecule has 0 saturated carbocycles. The first-order chi connectivity index (χ1) is 21.8. The number of hydrogen-bond donors (Lipinski definition) is 2. The summed E-state index contributed by atoms with van der Waals surface area (Å²) in [5.41, 5.74) is 0.991. The molecule has 0 heterocycles. The van der Waals surface area contributed by atoms with Crippen LogP contribution in [0.15, 0.2) is 54.6 Å². The van der Waals surface area contributed by atoms with Crippen molar-refractivity contribution in [3.63, 3.8) is 0 Å². The molecule has 0 spiro atoms. The maximum Gasteiger partial charge on any atom is 0.408 e. The summed E-state index contributed by atoms with van der Waals surface area (Å²) < 4.78 is 11.2. The van der Waals surface area contributed by atoms with Gasteiger partial charge in [-0.3, -0.25) is 9.59 Å². The van der Waals surface area contributed by atoms with Crippen molar-refractivity contribution in [2.45, 2.75) is 137 Å². The lowest BCUT2D eigenvalue weighted by Gasteiger charge is -2.39. The van der Waals surface area contributed by atoms with Crippen molar-refractivity contribution in [1.29, 1.82) is 0 Å². The minimum atomic E-state index is -1.10. The van der Waals surface area contributed by atoms with Gasteiger partial charge in [-0.2, -0.15) is 0 Å². The fourth-order valence-corrected chi connectivity index (χ4v) is 5.12. The van der Waals surface area contributed by atoms with Crippen LogP contribution in [0.1, 0.15) is 112 Å². The number of aryl methyl sites for hydroxylation is 1. The van der Waals surface area contributed by atoms with E-state index in [-0.39, 0.29) is 12.5 Å². The van der Waals surface area contributed by atoms with E-state index in [2.05, 4.69) is 24.5 Å². The number of hydrogen-bond acceptors (Lipinski definition) is 6. The highest BCUT2D eigenvalue weighted by Gasteiger charge is 2.39. The molecule has 0 aromatic heterocycles. The largest absolute Gasteiger partial charge is 0.458 e. The number of ether oxygens (including phenoxy) is 2. The first-order valence-electron chi connectivity index (χ1n) is 16.8. The Morgan fingerprint density at radius 3 is 1.83 bits per heavy atom. The Balaban J connectivity index is 2.63. The zero-order valence-electron chi connectivity index (χ0n) is 30.3. The average Bonchev–Trinajstić information content (AvgIpc) is 2.96. The molecule has 0 aliphatic carbocycles. The third-order valence-electron chi connectivity index (χ3n) is 7.52. The standard InChI is InChI=1S/C38H57N3O6/c1-12-28-20-22-30(23-21-28)32(33(42)40-31(35(44)46-37(6,7)8)24-29-16-14-13-15-17-29)41(26(4)19-18-25(2)3)34(43)27(5)39-36(45)47-38(9,10)11/h13-17,20-23,25-27,31-32H,12,18-19,24H2,1-11H3,(H,39,45)(H,40,42). The van der Waals surface area contributed by atoms with Crippen LogP contribution < -0.4 is 10.6 Å². The minimum Gasteiger partial charge on any atom is -0.458 e. The molecule has 260 valence electrons. The Hall–Kier alpha value is -3.88. The Bertz CT molecular complexity index is 1310. The number of carbonyl (C=O) groups excluding carboxylic acids is 4. The van der Waals surface area contributed by atoms with E-state index in [0.717, 1.165) is 24.0 Å². The molecular weight excluding hydrogens is 594 g/mol. The molecule has 0 aliphatic heterocycles. The summed E-state index contributed by atoms with van der Waals surface area (Å²) in [7, 11) is 0. The normalized spacial score (nSPS) is 14.4. The predicted octanol–water partition coefficient (Wildman–Crippen LogP) is 6.93. The molecule has 4 unspecified atom stereocenters. The number of nitrogens with one attached hydrogen (secondary N) is 2. The van der Waals surface area contributed by atoms with Crippen LogP contribution in [0, 0.1) is 5.92 Å². The highest BCUT2D eigenvalue weighted by Crippen LogP contribution is 2.28. The number of esters is 1. The maximum absolute atomic E-state index is 14.6. The number of carbonyl (C=O) groups is 4. The summed E-state index contributed by atoms with van der Waals surface area (Å²) in [6.07, 6.45) is 1.72. The van der Waals surface area contributed by atoms with Gasteiger partial charge < -0.3 is 25.0 Å². The van der Waals surface area contributed by atoms with Gasteiger partial charge in [-0.05, 0) is 97.3 Å². The molecule has 0 aliphatic rings. The van der Waals surface area contributed by atoms with Crippen LogP contribution >= 0.6 is 0 Å². The van der Waals surface area contributed by atoms with Gasteiger partial charge >= 0.3 is 12.1 Å². The topological polar surface area (TPSA) is 114 Å². The Labute approximate surface area is 282 Å². The van der Waals surface area contributed by atoms with Crippen LogP contribution in [-0.2, 0) is 36.7 Å². The molecule has 0 saturated heterocycles. The van der Waals surface area contributed by atoms with Crippen molar-refractivity contribution >= 4 is 23.9 Å². The third kappa shape index (κ3) is 13.4. The second-order valence-corrected chi connectivity index (χ2v) is 14.7. The van der Waals surface area contributed by atoms with Gasteiger partial charge in [0.1, 0.15) is 29.3 Å². The molecule has 4 atom stereocenters. The molecule has 0 radical (unpaired) electrons. The lowest BCUT2D eigenvalue weighted by Crippen LogP contribution is -2.56. The van der Waals surface area contributed by atoms with Crippen LogP contribution in [-0.4, -0.2) is 58.1 Å². The Morgan fingerprint density at radius 1 is 0.745 bits per heavy atom. The maximum atomic E-state index is 14.6. The van der Waals surface area contributed by atoms with Crippen molar-refractivity contribution in [3.05, 3.63) is 71.3 Å². The number of rotatable bonds is 14. The van der Waals surface area contributed by atoms with E-state index in [1.54, 1.807) is 53.4 Å². The summed E-state index contributed by atoms with van der Waals surface area (Å²) >= 11 is 0. The molecule has 9 nitrogen and oxygen atoms in total. The summed E-state index contributed by atoms with van der Waals surface area (Å²) in [6, 6.07) is 13.5. The van der Waals surface area contributed by atoms with Gasteiger partial charge in [0.25, 0.3) is 0 Å². The number of alkyl carbamates (subject to hydrolysis) is 1. The van der Waals surface area contributed by atoms with Crippen LogP contribution in [0.25, 0.3) is 0 Å². The van der Waals surface area contributed by atoms with Crippen molar-refractivity contribution in [3.8, 4) is 0 Å². The van der Waals surface area contributed by atoms with Gasteiger partial charge in [-0.1, -0.05) is 75.4 Å². The number of amides is 3. The summed E-state index contributed by atoms with van der Waals surface area (Å²) in [5.74, 6) is -1.16. The average molecular weight is 652 g/mol. The van der Waals surface area contributed by atoms with E-state index in [1.807, 2.05) is 68.4 Å². The molecule has 0 bridgehead atoms. The van der Waals surface area contributed by atoms with E-state index in [9.17, 15) is 19.2 Å². The van der Waals surface area contributed by atoms with E-state index < -0.39 is 53.2 Å². The fourth-order valence-electron chi connectivity index (χ4n) is 5.12. The van der Waals surface area contributed by atoms with Gasteiger partial charge in [0.15, 0.2) is 0 Å². The molecule has 0 fully saturated rings. The molecule has 2 aromatic rings. The van der Waals surface area contributed by atoms with E-state index in [0.29, 0.717) is 17.9 Å². The molecule has 2 aromatic carbocycles. The van der Waals surface area contributed by atoms with Crippen molar-refractivity contribution < 1.29 is 28.7 Å². The van der Waals surface area contributed by atoms with Crippen molar-refractivity contribution in [1.82, 2.24) is 15.5 Å². The second-order valence-electron chi connectivity index (χ2n) is 14.7. The molecule has 2 N–H and O–H groups in total. The van der Waals surface area contributed by atoms with Gasteiger partial charge in [-0.25, -0.2) is 9.59 Å². The van der Waals surface area contributed by atoms with E-state index >= 15 is 0 Å². The molecule has 47 heavy (non-hydrogen) atoms. The quantitative estimate of drug-likeness (QED) is 0.214. The first kappa shape index (κ1) is 39.3. The van der Waals surface area contributed by atoms with Crippen LogP contribution in [0.3, 0.4) is 0 Å². The zero-order valence-corrected chi connectivity index (χ0v) is 30.3. The summed E-state index contributed by atoms with van der Waals surface area (Å²) in [5, 5.41) is 5.62. The van der Waals surface area contributed by atoms with Crippen molar-refractivity contribution in [2.75, 3.05) is 0 Å². The highest BCUT2D eigenvalue weighted by atomic mass is 16.6. The van der Waals surface area contributed by atoms with E-state index in [4.69, 9.17) is 9.47 Å². The second kappa shape index (κ2) is 17.3. The fraction of sp³-hybridized carbons (Fsp3) is 0.579. The van der Waals surface area contributed by atoms with Gasteiger partial charge in [0.2, 0.25) is 11.8 Å². The molecule has 3 amide bonds. The van der Waals surface area contributed by atoms with Gasteiger partial charge in [-0.15, -0.1) is 0 Å². The predicted molar refractivity (Wildman–Crippen MR) is 186 cm³/mol. The Morgan fingerprint density at radius 2 is 1.32 bits per heavy atom.